The maximum atomic E-state index is 14.0. The van der Waals surface area contributed by atoms with Gasteiger partial charge in [-0.3, -0.25) is 0 Å². The largest absolute Gasteiger partial charge is 0.331 e. The molecule has 3 rings (SSSR count). The molecule has 0 aliphatic rings. The van der Waals surface area contributed by atoms with Crippen LogP contribution in [0.4, 0.5) is 4.39 Å². The van der Waals surface area contributed by atoms with Crippen molar-refractivity contribution in [2.24, 2.45) is 0 Å². The highest BCUT2D eigenvalue weighted by atomic mass is 35.5. The van der Waals surface area contributed by atoms with Crippen LogP contribution in [0.5, 0.6) is 0 Å². The molecular weight excluding hydrogens is 295 g/mol. The van der Waals surface area contributed by atoms with Gasteiger partial charge in [-0.15, -0.1) is 0 Å². The van der Waals surface area contributed by atoms with Crippen molar-refractivity contribution in [3.8, 4) is 0 Å². The minimum atomic E-state index is -0.247. The van der Waals surface area contributed by atoms with E-state index in [2.05, 4.69) is 4.98 Å². The molecule has 2 aromatic carbocycles. The second-order valence-corrected chi connectivity index (χ2v) is 5.43. The van der Waals surface area contributed by atoms with Crippen molar-refractivity contribution in [2.75, 3.05) is 0 Å². The predicted octanol–water partition coefficient (Wildman–Crippen LogP) is 5.10. The summed E-state index contributed by atoms with van der Waals surface area (Å²) in [6.45, 7) is 1.91. The summed E-state index contributed by atoms with van der Waals surface area (Å²) in [5.74, 6) is -0.247. The molecule has 1 atom stereocenters. The van der Waals surface area contributed by atoms with E-state index in [-0.39, 0.29) is 11.9 Å². The second-order valence-electron chi connectivity index (χ2n) is 4.63. The van der Waals surface area contributed by atoms with Gasteiger partial charge in [0.2, 0.25) is 0 Å². The van der Waals surface area contributed by atoms with Crippen LogP contribution >= 0.6 is 23.8 Å². The standard InChI is InChI=1S/C15H12ClFN2S/c1-9(10-5-2-3-7-12(10)17)19-14-11(16)6-4-8-13(14)18-15(19)20/h2-9H,1H3,(H,18,20). The molecule has 2 nitrogen and oxygen atoms in total. The van der Waals surface area contributed by atoms with Gasteiger partial charge in [-0.2, -0.15) is 0 Å². The van der Waals surface area contributed by atoms with Crippen LogP contribution in [0.2, 0.25) is 5.02 Å². The molecule has 1 aromatic heterocycles. The van der Waals surface area contributed by atoms with Crippen molar-refractivity contribution in [3.63, 3.8) is 0 Å². The normalized spacial score (nSPS) is 12.8. The molecule has 0 aliphatic heterocycles. The SMILES string of the molecule is CC(c1ccccc1F)n1c(=S)[nH]c2cccc(Cl)c21. The Balaban J connectivity index is 2.27. The molecule has 0 amide bonds. The minimum absolute atomic E-state index is 0.239. The lowest BCUT2D eigenvalue weighted by molar-refractivity contribution is 0.561. The van der Waals surface area contributed by atoms with Gasteiger partial charge in [-0.05, 0) is 37.3 Å². The summed E-state index contributed by atoms with van der Waals surface area (Å²) >= 11 is 11.6. The lowest BCUT2D eigenvalue weighted by Crippen LogP contribution is -2.08. The molecule has 1 heterocycles. The van der Waals surface area contributed by atoms with E-state index in [0.29, 0.717) is 15.4 Å². The number of rotatable bonds is 2. The number of aromatic nitrogens is 2. The van der Waals surface area contributed by atoms with Gasteiger partial charge in [0.25, 0.3) is 0 Å². The smallest absolute Gasteiger partial charge is 0.178 e. The number of H-pyrrole nitrogens is 1. The summed E-state index contributed by atoms with van der Waals surface area (Å²) in [5.41, 5.74) is 2.24. The van der Waals surface area contributed by atoms with Gasteiger partial charge in [-0.25, -0.2) is 4.39 Å². The van der Waals surface area contributed by atoms with Gasteiger partial charge in [0.15, 0.2) is 4.77 Å². The summed E-state index contributed by atoms with van der Waals surface area (Å²) in [6.07, 6.45) is 0. The molecule has 0 saturated heterocycles. The number of aromatic amines is 1. The summed E-state index contributed by atoms with van der Waals surface area (Å²) < 4.78 is 16.4. The Bertz CT molecular complexity index is 837. The van der Waals surface area contributed by atoms with Crippen molar-refractivity contribution in [3.05, 3.63) is 63.6 Å². The molecule has 0 spiro atoms. The van der Waals surface area contributed by atoms with Gasteiger partial charge in [0, 0.05) is 5.56 Å². The summed E-state index contributed by atoms with van der Waals surface area (Å²) in [5, 5.41) is 0.595. The average Bonchev–Trinajstić information content (AvgIpc) is 2.76. The van der Waals surface area contributed by atoms with E-state index in [0.717, 1.165) is 11.0 Å². The number of nitrogens with one attached hydrogen (secondary N) is 1. The average molecular weight is 307 g/mol. The predicted molar refractivity (Wildman–Crippen MR) is 82.3 cm³/mol. The highest BCUT2D eigenvalue weighted by Gasteiger charge is 2.17. The first-order chi connectivity index (χ1) is 9.59. The van der Waals surface area contributed by atoms with Crippen molar-refractivity contribution in [1.82, 2.24) is 9.55 Å². The third kappa shape index (κ3) is 2.05. The Labute approximate surface area is 125 Å². The molecule has 3 aromatic rings. The van der Waals surface area contributed by atoms with Gasteiger partial charge in [0.1, 0.15) is 5.82 Å². The fraction of sp³-hybridized carbons (Fsp3) is 0.133. The number of benzene rings is 2. The Morgan fingerprint density at radius 2 is 1.95 bits per heavy atom. The van der Waals surface area contributed by atoms with Crippen LogP contribution in [0.25, 0.3) is 11.0 Å². The van der Waals surface area contributed by atoms with Gasteiger partial charge >= 0.3 is 0 Å². The third-order valence-electron chi connectivity index (χ3n) is 3.43. The number of hydrogen-bond acceptors (Lipinski definition) is 1. The zero-order valence-corrected chi connectivity index (χ0v) is 12.3. The summed E-state index contributed by atoms with van der Waals surface area (Å²) in [7, 11) is 0. The minimum Gasteiger partial charge on any atom is -0.331 e. The number of halogens is 2. The summed E-state index contributed by atoms with van der Waals surface area (Å²) in [4.78, 5) is 3.11. The Morgan fingerprint density at radius 3 is 2.70 bits per heavy atom. The Kier molecular flexibility index (Phi) is 3.36. The van der Waals surface area contributed by atoms with E-state index in [4.69, 9.17) is 23.8 Å². The highest BCUT2D eigenvalue weighted by molar-refractivity contribution is 7.71. The summed E-state index contributed by atoms with van der Waals surface area (Å²) in [6, 6.07) is 12.0. The number of nitrogens with zero attached hydrogens (tertiary/aromatic N) is 1. The highest BCUT2D eigenvalue weighted by Crippen LogP contribution is 2.30. The van der Waals surface area contributed by atoms with E-state index in [1.807, 2.05) is 29.7 Å². The monoisotopic (exact) mass is 306 g/mol. The van der Waals surface area contributed by atoms with E-state index in [9.17, 15) is 4.39 Å². The molecule has 5 heteroatoms. The third-order valence-corrected chi connectivity index (χ3v) is 4.03. The second kappa shape index (κ2) is 5.04. The number of imidazole rings is 1. The lowest BCUT2D eigenvalue weighted by Gasteiger charge is -2.16. The zero-order valence-electron chi connectivity index (χ0n) is 10.7. The fourth-order valence-electron chi connectivity index (χ4n) is 2.46. The molecule has 20 heavy (non-hydrogen) atoms. The first kappa shape index (κ1) is 13.3. The first-order valence-electron chi connectivity index (χ1n) is 6.22. The maximum absolute atomic E-state index is 14.0. The zero-order chi connectivity index (χ0) is 14.3. The Hall–Kier alpha value is -1.65. The molecule has 102 valence electrons. The van der Waals surface area contributed by atoms with Gasteiger partial charge in [-0.1, -0.05) is 35.9 Å². The van der Waals surface area contributed by atoms with Crippen molar-refractivity contribution >= 4 is 34.9 Å². The molecular formula is C15H12ClFN2S. The van der Waals surface area contributed by atoms with Crippen LogP contribution in [-0.4, -0.2) is 9.55 Å². The van der Waals surface area contributed by atoms with Crippen LogP contribution < -0.4 is 0 Å². The molecule has 1 N–H and O–H groups in total. The van der Waals surface area contributed by atoms with E-state index >= 15 is 0 Å². The van der Waals surface area contributed by atoms with E-state index < -0.39 is 0 Å². The van der Waals surface area contributed by atoms with Crippen molar-refractivity contribution in [1.29, 1.82) is 0 Å². The maximum Gasteiger partial charge on any atom is 0.178 e. The van der Waals surface area contributed by atoms with Crippen molar-refractivity contribution in [2.45, 2.75) is 13.0 Å². The molecule has 0 saturated carbocycles. The first-order valence-corrected chi connectivity index (χ1v) is 7.01. The number of hydrogen-bond donors (Lipinski definition) is 1. The van der Waals surface area contributed by atoms with Crippen LogP contribution in [-0.2, 0) is 0 Å². The molecule has 0 aliphatic carbocycles. The van der Waals surface area contributed by atoms with E-state index in [1.165, 1.54) is 6.07 Å². The van der Waals surface area contributed by atoms with Crippen LogP contribution in [0, 0.1) is 10.6 Å². The number of fused-ring (bicyclic) bond motifs is 1. The Morgan fingerprint density at radius 1 is 1.20 bits per heavy atom. The molecule has 0 radical (unpaired) electrons. The molecule has 0 fully saturated rings. The molecule has 0 bridgehead atoms. The van der Waals surface area contributed by atoms with Gasteiger partial charge in [0.05, 0.1) is 22.1 Å². The lowest BCUT2D eigenvalue weighted by atomic mass is 10.1. The molecule has 1 unspecified atom stereocenters. The van der Waals surface area contributed by atoms with Crippen LogP contribution in [0.1, 0.15) is 18.5 Å². The quantitative estimate of drug-likeness (QED) is 0.653. The van der Waals surface area contributed by atoms with Crippen molar-refractivity contribution < 1.29 is 4.39 Å². The van der Waals surface area contributed by atoms with Crippen LogP contribution in [0.15, 0.2) is 42.5 Å². The number of para-hydroxylation sites is 1. The van der Waals surface area contributed by atoms with E-state index in [1.54, 1.807) is 18.2 Å². The topological polar surface area (TPSA) is 20.7 Å². The van der Waals surface area contributed by atoms with Gasteiger partial charge < -0.3 is 9.55 Å². The van der Waals surface area contributed by atoms with Crippen LogP contribution in [0.3, 0.4) is 0 Å². The fourth-order valence-corrected chi connectivity index (χ4v) is 3.09.